The van der Waals surface area contributed by atoms with Gasteiger partial charge in [-0.2, -0.15) is 17.9 Å². The van der Waals surface area contributed by atoms with E-state index in [-0.39, 0.29) is 4.90 Å². The minimum atomic E-state index is -3.88. The normalized spacial score (nSPS) is 20.8. The summed E-state index contributed by atoms with van der Waals surface area (Å²) in [7, 11) is -3.88. The summed E-state index contributed by atoms with van der Waals surface area (Å²) in [5.74, 6) is 0. The van der Waals surface area contributed by atoms with Gasteiger partial charge >= 0.3 is 0 Å². The van der Waals surface area contributed by atoms with Crippen LogP contribution in [0.3, 0.4) is 0 Å². The maximum absolute atomic E-state index is 13.8. The standard InChI is InChI=1S/C25H26N2O2S/c1-19-15-17-22(18-16-19)30(28,29)27-25(4,21-13-9-6-10-14-21)24(2,3)23(26-27)20-11-7-5-8-12-20/h5-18H,1-4H3. The number of rotatable bonds is 4. The van der Waals surface area contributed by atoms with E-state index < -0.39 is 21.0 Å². The molecule has 0 saturated heterocycles. The van der Waals surface area contributed by atoms with Gasteiger partial charge in [-0.05, 0) is 37.1 Å². The Hall–Kier alpha value is -2.92. The zero-order chi connectivity index (χ0) is 21.6. The van der Waals surface area contributed by atoms with Crippen LogP contribution in [0.15, 0.2) is 94.9 Å². The largest absolute Gasteiger partial charge is 0.279 e. The number of hydrazone groups is 1. The van der Waals surface area contributed by atoms with Crippen molar-refractivity contribution in [2.75, 3.05) is 0 Å². The van der Waals surface area contributed by atoms with E-state index in [9.17, 15) is 8.42 Å². The molecule has 0 aromatic heterocycles. The smallest absolute Gasteiger partial charge is 0.200 e. The molecule has 0 bridgehead atoms. The average Bonchev–Trinajstić information content (AvgIpc) is 2.97. The van der Waals surface area contributed by atoms with E-state index in [0.29, 0.717) is 0 Å². The molecule has 0 radical (unpaired) electrons. The van der Waals surface area contributed by atoms with Gasteiger partial charge in [0.1, 0.15) is 5.54 Å². The topological polar surface area (TPSA) is 49.7 Å². The molecule has 3 aromatic rings. The van der Waals surface area contributed by atoms with E-state index in [1.54, 1.807) is 12.1 Å². The lowest BCUT2D eigenvalue weighted by Crippen LogP contribution is -2.50. The number of benzene rings is 3. The van der Waals surface area contributed by atoms with Crippen LogP contribution in [0.2, 0.25) is 0 Å². The maximum atomic E-state index is 13.8. The van der Waals surface area contributed by atoms with Gasteiger partial charge in [-0.25, -0.2) is 0 Å². The van der Waals surface area contributed by atoms with Gasteiger partial charge in [0.25, 0.3) is 10.0 Å². The van der Waals surface area contributed by atoms with Crippen LogP contribution in [-0.4, -0.2) is 18.5 Å². The van der Waals surface area contributed by atoms with Gasteiger partial charge in [0, 0.05) is 5.41 Å². The Morgan fingerprint density at radius 3 is 1.87 bits per heavy atom. The van der Waals surface area contributed by atoms with Crippen molar-refractivity contribution in [1.29, 1.82) is 0 Å². The summed E-state index contributed by atoms with van der Waals surface area (Å²) in [4.78, 5) is 0.240. The van der Waals surface area contributed by atoms with Crippen molar-refractivity contribution in [3.8, 4) is 0 Å². The van der Waals surface area contributed by atoms with Crippen LogP contribution in [0.5, 0.6) is 0 Å². The third-order valence-electron chi connectivity index (χ3n) is 6.31. The van der Waals surface area contributed by atoms with Crippen molar-refractivity contribution in [3.05, 3.63) is 102 Å². The number of nitrogens with zero attached hydrogens (tertiary/aromatic N) is 2. The molecule has 0 N–H and O–H groups in total. The Bertz CT molecular complexity index is 1180. The van der Waals surface area contributed by atoms with Gasteiger partial charge in [0.15, 0.2) is 0 Å². The van der Waals surface area contributed by atoms with Gasteiger partial charge in [-0.15, -0.1) is 0 Å². The molecule has 5 heteroatoms. The number of hydrogen-bond donors (Lipinski definition) is 0. The second kappa shape index (κ2) is 7.10. The number of hydrogen-bond acceptors (Lipinski definition) is 3. The summed E-state index contributed by atoms with van der Waals surface area (Å²) in [5.41, 5.74) is 2.11. The molecule has 4 rings (SSSR count). The van der Waals surface area contributed by atoms with Crippen LogP contribution in [0.4, 0.5) is 0 Å². The highest BCUT2D eigenvalue weighted by molar-refractivity contribution is 7.89. The first-order chi connectivity index (χ1) is 14.2. The highest BCUT2D eigenvalue weighted by Crippen LogP contribution is 2.53. The second-order valence-corrected chi connectivity index (χ2v) is 10.2. The molecule has 0 spiro atoms. The van der Waals surface area contributed by atoms with Crippen molar-refractivity contribution in [1.82, 2.24) is 4.41 Å². The zero-order valence-electron chi connectivity index (χ0n) is 17.7. The summed E-state index contributed by atoms with van der Waals surface area (Å²) in [6.07, 6.45) is 0. The fourth-order valence-corrected chi connectivity index (χ4v) is 5.82. The van der Waals surface area contributed by atoms with Crippen LogP contribution in [-0.2, 0) is 15.6 Å². The molecule has 154 valence electrons. The highest BCUT2D eigenvalue weighted by Gasteiger charge is 2.59. The maximum Gasteiger partial charge on any atom is 0.279 e. The van der Waals surface area contributed by atoms with Crippen LogP contribution >= 0.6 is 0 Å². The molecule has 0 aliphatic carbocycles. The molecule has 4 nitrogen and oxygen atoms in total. The predicted octanol–water partition coefficient (Wildman–Crippen LogP) is 5.35. The van der Waals surface area contributed by atoms with E-state index in [4.69, 9.17) is 5.10 Å². The van der Waals surface area contributed by atoms with Crippen LogP contribution in [0.25, 0.3) is 0 Å². The third kappa shape index (κ3) is 2.96. The van der Waals surface area contributed by atoms with Gasteiger partial charge in [0.05, 0.1) is 10.6 Å². The van der Waals surface area contributed by atoms with Gasteiger partial charge in [0.2, 0.25) is 0 Å². The first kappa shape index (κ1) is 20.4. The van der Waals surface area contributed by atoms with Gasteiger partial charge < -0.3 is 0 Å². The molecule has 1 heterocycles. The summed E-state index contributed by atoms with van der Waals surface area (Å²) in [6, 6.07) is 26.5. The fraction of sp³-hybridized carbons (Fsp3) is 0.240. The average molecular weight is 419 g/mol. The lowest BCUT2D eigenvalue weighted by Gasteiger charge is -2.43. The monoisotopic (exact) mass is 418 g/mol. The van der Waals surface area contributed by atoms with Gasteiger partial charge in [-0.1, -0.05) is 92.2 Å². The molecule has 0 amide bonds. The SMILES string of the molecule is Cc1ccc(S(=O)(=O)N2N=C(c3ccccc3)C(C)(C)C2(C)c2ccccc2)cc1. The summed E-state index contributed by atoms with van der Waals surface area (Å²) in [6.45, 7) is 8.04. The third-order valence-corrected chi connectivity index (χ3v) is 8.08. The Morgan fingerprint density at radius 1 is 0.767 bits per heavy atom. The highest BCUT2D eigenvalue weighted by atomic mass is 32.2. The van der Waals surface area contributed by atoms with Crippen molar-refractivity contribution < 1.29 is 8.42 Å². The lowest BCUT2D eigenvalue weighted by molar-refractivity contribution is 0.141. The second-order valence-electron chi connectivity index (χ2n) is 8.44. The molecule has 1 aliphatic rings. The van der Waals surface area contributed by atoms with E-state index in [1.807, 2.05) is 86.6 Å². The molecular weight excluding hydrogens is 392 g/mol. The molecule has 1 aliphatic heterocycles. The summed E-state index contributed by atoms with van der Waals surface area (Å²) >= 11 is 0. The van der Waals surface area contributed by atoms with Crippen molar-refractivity contribution in [3.63, 3.8) is 0 Å². The number of aryl methyl sites for hydroxylation is 1. The molecule has 3 aromatic carbocycles. The van der Waals surface area contributed by atoms with E-state index in [0.717, 1.165) is 22.4 Å². The summed E-state index contributed by atoms with van der Waals surface area (Å²) < 4.78 is 29.0. The summed E-state index contributed by atoms with van der Waals surface area (Å²) in [5, 5.41) is 4.77. The van der Waals surface area contributed by atoms with Crippen molar-refractivity contribution >= 4 is 15.7 Å². The molecule has 0 saturated carbocycles. The Morgan fingerprint density at radius 2 is 1.30 bits per heavy atom. The van der Waals surface area contributed by atoms with Crippen molar-refractivity contribution in [2.24, 2.45) is 10.5 Å². The van der Waals surface area contributed by atoms with Crippen LogP contribution in [0, 0.1) is 12.3 Å². The minimum Gasteiger partial charge on any atom is -0.200 e. The van der Waals surface area contributed by atoms with Crippen LogP contribution < -0.4 is 0 Å². The molecular formula is C25H26N2O2S. The number of sulfonamides is 1. The van der Waals surface area contributed by atoms with E-state index >= 15 is 0 Å². The zero-order valence-corrected chi connectivity index (χ0v) is 18.5. The molecule has 1 atom stereocenters. The fourth-order valence-electron chi connectivity index (χ4n) is 4.14. The predicted molar refractivity (Wildman–Crippen MR) is 121 cm³/mol. The molecule has 1 unspecified atom stereocenters. The first-order valence-electron chi connectivity index (χ1n) is 10.0. The van der Waals surface area contributed by atoms with E-state index in [2.05, 4.69) is 13.8 Å². The van der Waals surface area contributed by atoms with Gasteiger partial charge in [-0.3, -0.25) is 0 Å². The molecule has 0 fully saturated rings. The Balaban J connectivity index is 1.97. The van der Waals surface area contributed by atoms with Crippen molar-refractivity contribution in [2.45, 2.75) is 38.1 Å². The first-order valence-corrected chi connectivity index (χ1v) is 11.5. The minimum absolute atomic E-state index is 0.240. The quantitative estimate of drug-likeness (QED) is 0.574. The lowest BCUT2D eigenvalue weighted by atomic mass is 9.66. The van der Waals surface area contributed by atoms with E-state index in [1.165, 1.54) is 4.41 Å². The van der Waals surface area contributed by atoms with Crippen LogP contribution in [0.1, 0.15) is 37.5 Å². The Kier molecular flexibility index (Phi) is 4.82. The molecule has 30 heavy (non-hydrogen) atoms. The Labute approximate surface area is 178 Å².